The van der Waals surface area contributed by atoms with Gasteiger partial charge in [0.2, 0.25) is 5.95 Å². The van der Waals surface area contributed by atoms with Crippen LogP contribution in [0.5, 0.6) is 0 Å². The molecule has 1 aromatic carbocycles. The van der Waals surface area contributed by atoms with Gasteiger partial charge in [-0.3, -0.25) is 9.58 Å². The third-order valence-corrected chi connectivity index (χ3v) is 4.82. The van der Waals surface area contributed by atoms with Gasteiger partial charge < -0.3 is 16.0 Å². The van der Waals surface area contributed by atoms with Gasteiger partial charge in [0, 0.05) is 52.0 Å². The second kappa shape index (κ2) is 7.17. The summed E-state index contributed by atoms with van der Waals surface area (Å²) in [7, 11) is 1.85. The smallest absolute Gasteiger partial charge is 0.224 e. The van der Waals surface area contributed by atoms with E-state index < -0.39 is 0 Å². The Bertz CT molecular complexity index is 868. The number of fused-ring (bicyclic) bond motifs is 1. The Morgan fingerprint density at radius 3 is 2.62 bits per heavy atom. The molecule has 1 aliphatic heterocycles. The van der Waals surface area contributed by atoms with Crippen LogP contribution in [0, 0.1) is 0 Å². The first-order chi connectivity index (χ1) is 12.7. The summed E-state index contributed by atoms with van der Waals surface area (Å²) in [4.78, 5) is 13.5. The van der Waals surface area contributed by atoms with Crippen LogP contribution in [-0.4, -0.2) is 63.9 Å². The van der Waals surface area contributed by atoms with Crippen molar-refractivity contribution in [2.24, 2.45) is 7.05 Å². The topological polar surface area (TPSA) is 88.1 Å². The molecule has 0 unspecified atom stereocenters. The fraction of sp³-hybridized carbons (Fsp3) is 0.389. The number of nitrogens with zero attached hydrogens (tertiary/aromatic N) is 6. The highest BCUT2D eigenvalue weighted by Gasteiger charge is 2.17. The van der Waals surface area contributed by atoms with E-state index in [1.54, 1.807) is 10.9 Å². The molecule has 0 saturated carbocycles. The van der Waals surface area contributed by atoms with Crippen molar-refractivity contribution < 1.29 is 0 Å². The van der Waals surface area contributed by atoms with E-state index in [1.165, 1.54) is 5.69 Å². The summed E-state index contributed by atoms with van der Waals surface area (Å²) in [5.41, 5.74) is 7.87. The molecule has 0 atom stereocenters. The largest absolute Gasteiger partial charge is 0.369 e. The monoisotopic (exact) mass is 352 g/mol. The molecule has 0 amide bonds. The van der Waals surface area contributed by atoms with E-state index in [0.717, 1.165) is 56.1 Å². The third kappa shape index (κ3) is 3.41. The Morgan fingerprint density at radius 2 is 1.85 bits per heavy atom. The van der Waals surface area contributed by atoms with Crippen LogP contribution in [0.3, 0.4) is 0 Å². The van der Waals surface area contributed by atoms with Crippen LogP contribution in [0.1, 0.15) is 0 Å². The molecule has 0 bridgehead atoms. The van der Waals surface area contributed by atoms with Crippen LogP contribution in [0.4, 0.5) is 17.5 Å². The zero-order valence-electron chi connectivity index (χ0n) is 15.0. The Labute approximate surface area is 152 Å². The molecule has 3 N–H and O–H groups in total. The van der Waals surface area contributed by atoms with Crippen molar-refractivity contribution in [3.05, 3.63) is 36.5 Å². The fourth-order valence-corrected chi connectivity index (χ4v) is 3.37. The molecule has 2 aromatic heterocycles. The Hall–Kier alpha value is -2.87. The molecule has 8 heteroatoms. The van der Waals surface area contributed by atoms with E-state index in [4.69, 9.17) is 5.73 Å². The number of aromatic nitrogens is 4. The van der Waals surface area contributed by atoms with E-state index in [-0.39, 0.29) is 5.95 Å². The number of benzene rings is 1. The number of piperazine rings is 1. The van der Waals surface area contributed by atoms with Gasteiger partial charge in [0.25, 0.3) is 0 Å². The number of nitrogen functional groups attached to an aromatic ring is 1. The van der Waals surface area contributed by atoms with Gasteiger partial charge in [-0.2, -0.15) is 15.1 Å². The molecule has 1 fully saturated rings. The highest BCUT2D eigenvalue weighted by molar-refractivity contribution is 5.87. The standard InChI is InChI=1S/C18H24N8/c1-24-17-15(13-21-24)16(22-18(19)23-17)20-7-8-25-9-11-26(12-10-25)14-5-3-2-4-6-14/h2-6,13H,7-12H2,1H3,(H3,19,20,22,23). The summed E-state index contributed by atoms with van der Waals surface area (Å²) in [6.45, 7) is 6.00. The van der Waals surface area contributed by atoms with E-state index in [0.29, 0.717) is 0 Å². The third-order valence-electron chi connectivity index (χ3n) is 4.82. The van der Waals surface area contributed by atoms with E-state index in [9.17, 15) is 0 Å². The van der Waals surface area contributed by atoms with Crippen molar-refractivity contribution in [1.82, 2.24) is 24.6 Å². The fourth-order valence-electron chi connectivity index (χ4n) is 3.37. The van der Waals surface area contributed by atoms with Gasteiger partial charge in [-0.1, -0.05) is 18.2 Å². The minimum atomic E-state index is 0.264. The van der Waals surface area contributed by atoms with Gasteiger partial charge in [0.15, 0.2) is 5.65 Å². The first-order valence-corrected chi connectivity index (χ1v) is 8.92. The summed E-state index contributed by atoms with van der Waals surface area (Å²) in [6, 6.07) is 10.6. The first-order valence-electron chi connectivity index (χ1n) is 8.92. The normalized spacial score (nSPS) is 15.5. The number of nitrogens with one attached hydrogen (secondary N) is 1. The zero-order chi connectivity index (χ0) is 17.9. The quantitative estimate of drug-likeness (QED) is 0.713. The predicted octanol–water partition coefficient (Wildman–Crippen LogP) is 1.18. The lowest BCUT2D eigenvalue weighted by atomic mass is 10.2. The summed E-state index contributed by atoms with van der Waals surface area (Å²) < 4.78 is 1.71. The maximum Gasteiger partial charge on any atom is 0.224 e. The molecule has 0 aliphatic carbocycles. The van der Waals surface area contributed by atoms with Crippen molar-refractivity contribution in [2.45, 2.75) is 0 Å². The van der Waals surface area contributed by atoms with Crippen LogP contribution in [0.25, 0.3) is 11.0 Å². The number of nitrogens with two attached hydrogens (primary N) is 1. The van der Waals surface area contributed by atoms with Gasteiger partial charge in [-0.15, -0.1) is 0 Å². The average molecular weight is 352 g/mol. The highest BCUT2D eigenvalue weighted by atomic mass is 15.3. The molecular weight excluding hydrogens is 328 g/mol. The number of rotatable bonds is 5. The van der Waals surface area contributed by atoms with Crippen molar-refractivity contribution >= 4 is 28.5 Å². The maximum absolute atomic E-state index is 5.82. The maximum atomic E-state index is 5.82. The minimum absolute atomic E-state index is 0.264. The lowest BCUT2D eigenvalue weighted by Gasteiger charge is -2.36. The molecule has 8 nitrogen and oxygen atoms in total. The van der Waals surface area contributed by atoms with E-state index in [2.05, 4.69) is 60.5 Å². The van der Waals surface area contributed by atoms with E-state index in [1.807, 2.05) is 7.05 Å². The molecule has 1 aliphatic rings. The van der Waals surface area contributed by atoms with Gasteiger partial charge >= 0.3 is 0 Å². The molecule has 3 aromatic rings. The van der Waals surface area contributed by atoms with E-state index >= 15 is 0 Å². The average Bonchev–Trinajstić information content (AvgIpc) is 3.04. The second-order valence-corrected chi connectivity index (χ2v) is 6.53. The number of hydrogen-bond donors (Lipinski definition) is 2. The number of hydrogen-bond acceptors (Lipinski definition) is 7. The molecule has 3 heterocycles. The number of para-hydroxylation sites is 1. The SMILES string of the molecule is Cn1ncc2c(NCCN3CCN(c4ccccc4)CC3)nc(N)nc21. The van der Waals surface area contributed by atoms with Crippen LogP contribution >= 0.6 is 0 Å². The molecule has 26 heavy (non-hydrogen) atoms. The number of anilines is 3. The van der Waals surface area contributed by atoms with Crippen molar-refractivity contribution in [1.29, 1.82) is 0 Å². The summed E-state index contributed by atoms with van der Waals surface area (Å²) >= 11 is 0. The lowest BCUT2D eigenvalue weighted by molar-refractivity contribution is 0.267. The van der Waals surface area contributed by atoms with Crippen molar-refractivity contribution in [3.8, 4) is 0 Å². The van der Waals surface area contributed by atoms with Gasteiger partial charge in [0.05, 0.1) is 11.6 Å². The van der Waals surface area contributed by atoms with Crippen LogP contribution < -0.4 is 16.0 Å². The van der Waals surface area contributed by atoms with Crippen molar-refractivity contribution in [3.63, 3.8) is 0 Å². The van der Waals surface area contributed by atoms with Gasteiger partial charge in [-0.05, 0) is 12.1 Å². The van der Waals surface area contributed by atoms with Crippen LogP contribution in [0.15, 0.2) is 36.5 Å². The molecule has 0 spiro atoms. The lowest BCUT2D eigenvalue weighted by Crippen LogP contribution is -2.47. The highest BCUT2D eigenvalue weighted by Crippen LogP contribution is 2.20. The molecule has 1 saturated heterocycles. The zero-order valence-corrected chi connectivity index (χ0v) is 15.0. The Balaban J connectivity index is 1.31. The summed E-state index contributed by atoms with van der Waals surface area (Å²) in [5.74, 6) is 1.02. The molecule has 136 valence electrons. The predicted molar refractivity (Wildman–Crippen MR) is 104 cm³/mol. The summed E-state index contributed by atoms with van der Waals surface area (Å²) in [5, 5.41) is 8.53. The summed E-state index contributed by atoms with van der Waals surface area (Å²) in [6.07, 6.45) is 1.77. The molecule has 0 radical (unpaired) electrons. The number of aryl methyl sites for hydroxylation is 1. The minimum Gasteiger partial charge on any atom is -0.369 e. The molecule has 4 rings (SSSR count). The molecular formula is C18H24N8. The van der Waals surface area contributed by atoms with Gasteiger partial charge in [0.1, 0.15) is 5.82 Å². The van der Waals surface area contributed by atoms with Crippen molar-refractivity contribution in [2.75, 3.05) is 55.2 Å². The van der Waals surface area contributed by atoms with Crippen LogP contribution in [-0.2, 0) is 7.05 Å². The second-order valence-electron chi connectivity index (χ2n) is 6.53. The van der Waals surface area contributed by atoms with Gasteiger partial charge in [-0.25, -0.2) is 0 Å². The first kappa shape index (κ1) is 16.6. The Morgan fingerprint density at radius 1 is 1.08 bits per heavy atom. The Kier molecular flexibility index (Phi) is 4.57. The van der Waals surface area contributed by atoms with Crippen LogP contribution in [0.2, 0.25) is 0 Å².